The van der Waals surface area contributed by atoms with Crippen LogP contribution in [0.25, 0.3) is 34.4 Å². The average Bonchev–Trinajstić information content (AvgIpc) is 3.66. The van der Waals surface area contributed by atoms with Crippen LogP contribution in [0.3, 0.4) is 0 Å². The summed E-state index contributed by atoms with van der Waals surface area (Å²) in [7, 11) is 0. The quantitative estimate of drug-likeness (QED) is 0.184. The van der Waals surface area contributed by atoms with Crippen LogP contribution in [0.1, 0.15) is 86.7 Å². The molecular weight excluding hydrogens is 683 g/mol. The van der Waals surface area contributed by atoms with E-state index in [-0.39, 0.29) is 5.41 Å². The van der Waals surface area contributed by atoms with Crippen molar-refractivity contribution in [2.24, 2.45) is 5.41 Å². The summed E-state index contributed by atoms with van der Waals surface area (Å²) in [5.74, 6) is 0. The van der Waals surface area contributed by atoms with Crippen molar-refractivity contribution in [2.45, 2.75) is 75.5 Å². The molecule has 1 spiro atoms. The number of allylic oxidation sites excluding steroid dienone is 2. The number of benzene rings is 4. The Hall–Kier alpha value is -2.77. The third-order valence-electron chi connectivity index (χ3n) is 11.8. The van der Waals surface area contributed by atoms with Crippen molar-refractivity contribution in [2.75, 3.05) is 0 Å². The van der Waals surface area contributed by atoms with Crippen LogP contribution in [-0.4, -0.2) is 0 Å². The molecular formula is C42H44Hf. The molecule has 1 heteroatoms. The molecule has 0 amide bonds. The van der Waals surface area contributed by atoms with Gasteiger partial charge in [-0.15, -0.1) is 0 Å². The summed E-state index contributed by atoms with van der Waals surface area (Å²) in [4.78, 5) is 0. The van der Waals surface area contributed by atoms with Crippen LogP contribution in [0.2, 0.25) is 9.36 Å². The first-order valence-corrected chi connectivity index (χ1v) is 28.2. The summed E-state index contributed by atoms with van der Waals surface area (Å²) < 4.78 is 6.94. The molecule has 0 bridgehead atoms. The standard InChI is InChI=1S/C40H38.2CH3.Hf/c1-3-28-14-6-8-18-34(28)36-20-12-16-30-24-32(26-38(30)36)40(22-10-5-11-23-40)33-25-31-17-13-21-37(39(31)27-33)35-19-9-7-15-29(35)4-2;;;/h6-9,12-21,24-27H,3-5,10-11,22-23H2,1-2H3;2*1H3;. The van der Waals surface area contributed by atoms with Crippen molar-refractivity contribution >= 4 is 12.2 Å². The summed E-state index contributed by atoms with van der Waals surface area (Å²) in [6.45, 7) is 4.60. The summed E-state index contributed by atoms with van der Waals surface area (Å²) in [5, 5.41) is 0. The molecule has 1 saturated carbocycles. The Balaban J connectivity index is 1.37. The molecule has 2 unspecified atom stereocenters. The molecule has 216 valence electrons. The number of aryl methyl sites for hydroxylation is 2. The second-order valence-electron chi connectivity index (χ2n) is 14.2. The molecule has 8 rings (SSSR count). The first kappa shape index (κ1) is 27.8. The minimum atomic E-state index is -3.07. The molecule has 0 radical (unpaired) electrons. The SMILES string of the molecule is CCc1ccccc1-c1cccc2c1C=C1[CH]2[Hf]([CH3])([CH3])[CH]2C(=Cc3c(-c4ccccc4CC)cccc32)C12CCCCC2. The van der Waals surface area contributed by atoms with Gasteiger partial charge in [0, 0.05) is 0 Å². The molecule has 3 aliphatic carbocycles. The molecule has 4 aliphatic rings. The topological polar surface area (TPSA) is 0 Å². The molecule has 0 nitrogen and oxygen atoms in total. The molecule has 1 aliphatic heterocycles. The van der Waals surface area contributed by atoms with E-state index in [1.165, 1.54) is 65.5 Å². The number of hydrogen-bond donors (Lipinski definition) is 0. The van der Waals surface area contributed by atoms with E-state index in [9.17, 15) is 0 Å². The van der Waals surface area contributed by atoms with E-state index in [0.717, 1.165) is 12.8 Å². The number of hydrogen-bond acceptors (Lipinski definition) is 0. The van der Waals surface area contributed by atoms with Gasteiger partial charge in [-0.2, -0.15) is 0 Å². The van der Waals surface area contributed by atoms with Crippen LogP contribution in [-0.2, 0) is 32.8 Å². The second kappa shape index (κ2) is 10.4. The Labute approximate surface area is 263 Å². The molecule has 2 atom stereocenters. The maximum absolute atomic E-state index is 3.07. The summed E-state index contributed by atoms with van der Waals surface area (Å²) in [6.07, 6.45) is 14.4. The van der Waals surface area contributed by atoms with Gasteiger partial charge >= 0.3 is 265 Å². The van der Waals surface area contributed by atoms with Gasteiger partial charge in [0.05, 0.1) is 0 Å². The van der Waals surface area contributed by atoms with Gasteiger partial charge < -0.3 is 0 Å². The van der Waals surface area contributed by atoms with Gasteiger partial charge in [0.2, 0.25) is 0 Å². The van der Waals surface area contributed by atoms with Crippen molar-refractivity contribution in [1.82, 2.24) is 0 Å². The summed E-state index contributed by atoms with van der Waals surface area (Å²) in [6, 6.07) is 32.9. The molecule has 43 heavy (non-hydrogen) atoms. The zero-order valence-electron chi connectivity index (χ0n) is 26.3. The van der Waals surface area contributed by atoms with Gasteiger partial charge in [-0.1, -0.05) is 0 Å². The summed E-state index contributed by atoms with van der Waals surface area (Å²) in [5.41, 5.74) is 19.0. The second-order valence-corrected chi connectivity index (χ2v) is 31.4. The van der Waals surface area contributed by atoms with E-state index in [4.69, 9.17) is 0 Å². The third kappa shape index (κ3) is 3.96. The fraction of sp³-hybridized carbons (Fsp3) is 0.333. The Bertz CT molecular complexity index is 1680. The van der Waals surface area contributed by atoms with E-state index >= 15 is 0 Å². The first-order valence-electron chi connectivity index (χ1n) is 16.9. The molecule has 0 aromatic heterocycles. The normalized spacial score (nSPS) is 22.3. The minimum absolute atomic E-state index is 0.213. The molecule has 4 aromatic carbocycles. The Morgan fingerprint density at radius 3 is 1.47 bits per heavy atom. The third-order valence-corrected chi connectivity index (χ3v) is 27.0. The van der Waals surface area contributed by atoms with Crippen LogP contribution >= 0.6 is 0 Å². The first-order chi connectivity index (χ1) is 21.0. The van der Waals surface area contributed by atoms with Crippen LogP contribution in [0.15, 0.2) is 96.1 Å². The molecule has 2 fully saturated rings. The van der Waals surface area contributed by atoms with E-state index in [1.807, 2.05) is 11.1 Å². The number of rotatable bonds is 4. The zero-order valence-corrected chi connectivity index (χ0v) is 29.9. The van der Waals surface area contributed by atoms with Crippen molar-refractivity contribution in [1.29, 1.82) is 0 Å². The molecule has 0 N–H and O–H groups in total. The predicted molar refractivity (Wildman–Crippen MR) is 181 cm³/mol. The van der Waals surface area contributed by atoms with Gasteiger partial charge in [-0.25, -0.2) is 0 Å². The van der Waals surface area contributed by atoms with Crippen LogP contribution in [0.5, 0.6) is 0 Å². The fourth-order valence-electron chi connectivity index (χ4n) is 9.95. The molecule has 1 heterocycles. The number of fused-ring (bicyclic) bond motifs is 8. The predicted octanol–water partition coefficient (Wildman–Crippen LogP) is 11.9. The van der Waals surface area contributed by atoms with Gasteiger partial charge in [0.25, 0.3) is 0 Å². The van der Waals surface area contributed by atoms with Crippen molar-refractivity contribution in [3.8, 4) is 22.3 Å². The Morgan fingerprint density at radius 1 is 0.558 bits per heavy atom. The van der Waals surface area contributed by atoms with Crippen molar-refractivity contribution < 1.29 is 20.0 Å². The van der Waals surface area contributed by atoms with Crippen LogP contribution in [0, 0.1) is 5.41 Å². The fourth-order valence-corrected chi connectivity index (χ4v) is 27.1. The van der Waals surface area contributed by atoms with E-state index < -0.39 is 20.0 Å². The average molecular weight is 727 g/mol. The Kier molecular flexibility index (Phi) is 6.72. The van der Waals surface area contributed by atoms with Gasteiger partial charge in [-0.05, 0) is 0 Å². The van der Waals surface area contributed by atoms with Gasteiger partial charge in [-0.3, -0.25) is 0 Å². The van der Waals surface area contributed by atoms with E-state index in [0.29, 0.717) is 7.35 Å². The van der Waals surface area contributed by atoms with E-state index in [2.05, 4.69) is 120 Å². The molecule has 4 aromatic rings. The molecule has 1 saturated heterocycles. The van der Waals surface area contributed by atoms with Crippen LogP contribution in [0.4, 0.5) is 0 Å². The van der Waals surface area contributed by atoms with E-state index in [1.54, 1.807) is 22.3 Å². The zero-order chi connectivity index (χ0) is 29.3. The van der Waals surface area contributed by atoms with Gasteiger partial charge in [0.15, 0.2) is 0 Å². The maximum atomic E-state index is 2.81. The summed E-state index contributed by atoms with van der Waals surface area (Å²) >= 11 is -3.07. The van der Waals surface area contributed by atoms with Crippen LogP contribution < -0.4 is 0 Å². The van der Waals surface area contributed by atoms with Crippen molar-refractivity contribution in [3.05, 3.63) is 129 Å². The van der Waals surface area contributed by atoms with Gasteiger partial charge in [0.1, 0.15) is 0 Å². The van der Waals surface area contributed by atoms with Crippen molar-refractivity contribution in [3.63, 3.8) is 0 Å². The Morgan fingerprint density at radius 2 is 1.00 bits per heavy atom. The monoisotopic (exact) mass is 728 g/mol.